The van der Waals surface area contributed by atoms with Gasteiger partial charge in [-0.3, -0.25) is 0 Å². The van der Waals surface area contributed by atoms with E-state index in [4.69, 9.17) is 0 Å². The fourth-order valence-corrected chi connectivity index (χ4v) is 2.71. The summed E-state index contributed by atoms with van der Waals surface area (Å²) in [4.78, 5) is 1.08. The van der Waals surface area contributed by atoms with E-state index in [1.165, 1.54) is 12.1 Å². The summed E-state index contributed by atoms with van der Waals surface area (Å²) in [6.07, 6.45) is -2.39. The van der Waals surface area contributed by atoms with Gasteiger partial charge in [0.25, 0.3) is 0 Å². The molecule has 0 heterocycles. The third kappa shape index (κ3) is 3.60. The number of thioether (sulfide) groups is 1. The van der Waals surface area contributed by atoms with Crippen molar-refractivity contribution in [2.75, 3.05) is 13.3 Å². The summed E-state index contributed by atoms with van der Waals surface area (Å²) in [7, 11) is 1.67. The molecule has 0 aliphatic rings. The number of alkyl halides is 3. The van der Waals surface area contributed by atoms with Gasteiger partial charge in [0.1, 0.15) is 0 Å². The predicted molar refractivity (Wildman–Crippen MR) is 80.6 cm³/mol. The summed E-state index contributed by atoms with van der Waals surface area (Å²) >= 11 is 1.60. The smallest absolute Gasteiger partial charge is 0.309 e. The predicted octanol–water partition coefficient (Wildman–Crippen LogP) is 4.74. The quantitative estimate of drug-likeness (QED) is 0.819. The lowest BCUT2D eigenvalue weighted by Gasteiger charge is -2.22. The molecule has 21 heavy (non-hydrogen) atoms. The molecule has 1 N–H and O–H groups in total. The molecule has 0 aliphatic carbocycles. The second-order valence-electron chi connectivity index (χ2n) is 4.58. The van der Waals surface area contributed by atoms with Crippen molar-refractivity contribution in [3.8, 4) is 0 Å². The maximum absolute atomic E-state index is 13.1. The zero-order valence-corrected chi connectivity index (χ0v) is 12.6. The third-order valence-electron chi connectivity index (χ3n) is 3.32. The summed E-state index contributed by atoms with van der Waals surface area (Å²) < 4.78 is 39.4. The van der Waals surface area contributed by atoms with Crippen molar-refractivity contribution in [3.63, 3.8) is 0 Å². The van der Waals surface area contributed by atoms with Gasteiger partial charge in [-0.2, -0.15) is 13.2 Å². The van der Waals surface area contributed by atoms with Crippen LogP contribution in [-0.4, -0.2) is 13.3 Å². The average Bonchev–Trinajstić information content (AvgIpc) is 2.48. The first-order valence-electron chi connectivity index (χ1n) is 6.44. The molecular formula is C16H16F3NS. The molecule has 2 aromatic carbocycles. The van der Waals surface area contributed by atoms with Gasteiger partial charge in [-0.25, -0.2) is 0 Å². The minimum absolute atomic E-state index is 0.240. The van der Waals surface area contributed by atoms with Crippen LogP contribution in [0, 0.1) is 0 Å². The molecular weight excluding hydrogens is 295 g/mol. The molecule has 0 fully saturated rings. The molecule has 0 bridgehead atoms. The highest BCUT2D eigenvalue weighted by molar-refractivity contribution is 7.98. The van der Waals surface area contributed by atoms with Crippen LogP contribution in [0.1, 0.15) is 22.7 Å². The first kappa shape index (κ1) is 15.9. The van der Waals surface area contributed by atoms with Crippen molar-refractivity contribution in [1.29, 1.82) is 0 Å². The molecule has 1 atom stereocenters. The van der Waals surface area contributed by atoms with Crippen LogP contribution in [0.25, 0.3) is 0 Å². The summed E-state index contributed by atoms with van der Waals surface area (Å²) in [6, 6.07) is 12.8. The minimum atomic E-state index is -4.36. The van der Waals surface area contributed by atoms with E-state index in [1.54, 1.807) is 24.9 Å². The lowest BCUT2D eigenvalue weighted by Crippen LogP contribution is -2.21. The topological polar surface area (TPSA) is 12.0 Å². The Bertz CT molecular complexity index is 593. The summed E-state index contributed by atoms with van der Waals surface area (Å²) in [5.41, 5.74) is 0.453. The first-order valence-corrected chi connectivity index (χ1v) is 7.67. The molecule has 2 rings (SSSR count). The number of hydrogen-bond acceptors (Lipinski definition) is 2. The van der Waals surface area contributed by atoms with Crippen molar-refractivity contribution < 1.29 is 13.2 Å². The van der Waals surface area contributed by atoms with Crippen molar-refractivity contribution in [1.82, 2.24) is 5.32 Å². The highest BCUT2D eigenvalue weighted by Gasteiger charge is 2.34. The number of hydrogen-bond donors (Lipinski definition) is 1. The molecule has 112 valence electrons. The van der Waals surface area contributed by atoms with Gasteiger partial charge < -0.3 is 5.32 Å². The lowest BCUT2D eigenvalue weighted by molar-refractivity contribution is -0.138. The molecule has 0 saturated carbocycles. The van der Waals surface area contributed by atoms with Crippen molar-refractivity contribution in [2.45, 2.75) is 17.1 Å². The molecule has 2 aromatic rings. The SMILES string of the molecule is CNC(c1ccc(SC)cc1)c1ccccc1C(F)(F)F. The summed E-state index contributed by atoms with van der Waals surface area (Å²) in [6.45, 7) is 0. The van der Waals surface area contributed by atoms with Crippen LogP contribution in [0.3, 0.4) is 0 Å². The van der Waals surface area contributed by atoms with Crippen molar-refractivity contribution >= 4 is 11.8 Å². The Morgan fingerprint density at radius 1 is 1.00 bits per heavy atom. The Hall–Kier alpha value is -1.46. The Kier molecular flexibility index (Phi) is 4.96. The van der Waals surface area contributed by atoms with E-state index in [-0.39, 0.29) is 5.56 Å². The van der Waals surface area contributed by atoms with Gasteiger partial charge in [-0.15, -0.1) is 11.8 Å². The molecule has 0 saturated heterocycles. The van der Waals surface area contributed by atoms with Gasteiger partial charge in [0, 0.05) is 4.90 Å². The highest BCUT2D eigenvalue weighted by Crippen LogP contribution is 2.36. The van der Waals surface area contributed by atoms with E-state index < -0.39 is 17.8 Å². The summed E-state index contributed by atoms with van der Waals surface area (Å²) in [5.74, 6) is 0. The van der Waals surface area contributed by atoms with Crippen molar-refractivity contribution in [2.24, 2.45) is 0 Å². The van der Waals surface area contributed by atoms with Crippen molar-refractivity contribution in [3.05, 3.63) is 65.2 Å². The number of nitrogens with one attached hydrogen (secondary N) is 1. The van der Waals surface area contributed by atoms with Crippen LogP contribution in [0.2, 0.25) is 0 Å². The van der Waals surface area contributed by atoms with E-state index >= 15 is 0 Å². The fourth-order valence-electron chi connectivity index (χ4n) is 2.30. The molecule has 0 aromatic heterocycles. The zero-order chi connectivity index (χ0) is 15.5. The van der Waals surface area contributed by atoms with Crippen LogP contribution >= 0.6 is 11.8 Å². The largest absolute Gasteiger partial charge is 0.416 e. The molecule has 0 radical (unpaired) electrons. The van der Waals surface area contributed by atoms with Crippen LogP contribution in [0.4, 0.5) is 13.2 Å². The third-order valence-corrected chi connectivity index (χ3v) is 4.06. The normalized spacial score (nSPS) is 13.2. The first-order chi connectivity index (χ1) is 9.97. The second kappa shape index (κ2) is 6.54. The van der Waals surface area contributed by atoms with Gasteiger partial charge in [-0.1, -0.05) is 30.3 Å². The number of halogens is 3. The Labute approximate surface area is 126 Å². The Morgan fingerprint density at radius 2 is 1.62 bits per heavy atom. The Morgan fingerprint density at radius 3 is 2.14 bits per heavy atom. The van der Waals surface area contributed by atoms with Gasteiger partial charge in [0.2, 0.25) is 0 Å². The van der Waals surface area contributed by atoms with E-state index in [2.05, 4.69) is 5.32 Å². The molecule has 1 nitrogen and oxygen atoms in total. The van der Waals surface area contributed by atoms with E-state index in [9.17, 15) is 13.2 Å². The Balaban J connectivity index is 2.46. The molecule has 5 heteroatoms. The van der Waals surface area contributed by atoms with Crippen LogP contribution < -0.4 is 5.32 Å². The van der Waals surface area contributed by atoms with E-state index in [0.29, 0.717) is 0 Å². The maximum Gasteiger partial charge on any atom is 0.416 e. The lowest BCUT2D eigenvalue weighted by atomic mass is 9.94. The molecule has 0 spiro atoms. The van der Waals surface area contributed by atoms with Crippen LogP contribution in [0.5, 0.6) is 0 Å². The number of benzene rings is 2. The van der Waals surface area contributed by atoms with Crippen LogP contribution in [0.15, 0.2) is 53.4 Å². The van der Waals surface area contributed by atoms with Gasteiger partial charge in [-0.05, 0) is 42.6 Å². The summed E-state index contributed by atoms with van der Waals surface area (Å²) in [5, 5.41) is 2.98. The standard InChI is InChI=1S/C16H16F3NS/c1-20-15(11-7-9-12(21-2)10-8-11)13-5-3-4-6-14(13)16(17,18)19/h3-10,15,20H,1-2H3. The van der Waals surface area contributed by atoms with Gasteiger partial charge in [0.05, 0.1) is 11.6 Å². The average molecular weight is 311 g/mol. The second-order valence-corrected chi connectivity index (χ2v) is 5.46. The van der Waals surface area contributed by atoms with Gasteiger partial charge >= 0.3 is 6.18 Å². The van der Waals surface area contributed by atoms with E-state index in [0.717, 1.165) is 16.5 Å². The van der Waals surface area contributed by atoms with Gasteiger partial charge in [0.15, 0.2) is 0 Å². The minimum Gasteiger partial charge on any atom is -0.309 e. The molecule has 0 amide bonds. The monoisotopic (exact) mass is 311 g/mol. The fraction of sp³-hybridized carbons (Fsp3) is 0.250. The molecule has 0 aliphatic heterocycles. The van der Waals surface area contributed by atoms with Crippen LogP contribution in [-0.2, 0) is 6.18 Å². The maximum atomic E-state index is 13.1. The molecule has 1 unspecified atom stereocenters. The number of rotatable bonds is 4. The highest BCUT2D eigenvalue weighted by atomic mass is 32.2. The zero-order valence-electron chi connectivity index (χ0n) is 11.7. The van der Waals surface area contributed by atoms with E-state index in [1.807, 2.05) is 30.5 Å².